The fourth-order valence-corrected chi connectivity index (χ4v) is 2.22. The highest BCUT2D eigenvalue weighted by atomic mass is 19.1. The summed E-state index contributed by atoms with van der Waals surface area (Å²) in [4.78, 5) is 16.2. The van der Waals surface area contributed by atoms with E-state index in [1.807, 2.05) is 0 Å². The Morgan fingerprint density at radius 3 is 2.42 bits per heavy atom. The normalized spacial score (nSPS) is 15.2. The molecule has 0 bridgehead atoms. The number of cyclic esters (lactones) is 1. The van der Waals surface area contributed by atoms with Gasteiger partial charge in [0.15, 0.2) is 17.2 Å². The number of hydrogen-bond donors (Lipinski definition) is 0. The maximum Gasteiger partial charge on any atom is 0.363 e. The first-order chi connectivity index (χ1) is 11.6. The zero-order valence-corrected chi connectivity index (χ0v) is 13.1. The molecule has 2 aromatic carbocycles. The largest absolute Gasteiger partial charge is 0.493 e. The van der Waals surface area contributed by atoms with Gasteiger partial charge >= 0.3 is 5.97 Å². The van der Waals surface area contributed by atoms with E-state index in [-0.39, 0.29) is 17.4 Å². The number of methoxy groups -OCH3 is 2. The van der Waals surface area contributed by atoms with Crippen molar-refractivity contribution in [3.05, 3.63) is 65.1 Å². The molecule has 0 saturated carbocycles. The van der Waals surface area contributed by atoms with Crippen molar-refractivity contribution in [1.82, 2.24) is 0 Å². The lowest BCUT2D eigenvalue weighted by Gasteiger charge is -2.08. The minimum Gasteiger partial charge on any atom is -0.493 e. The van der Waals surface area contributed by atoms with Crippen molar-refractivity contribution in [2.24, 2.45) is 4.99 Å². The van der Waals surface area contributed by atoms with Crippen molar-refractivity contribution >= 4 is 17.9 Å². The van der Waals surface area contributed by atoms with Gasteiger partial charge in [-0.25, -0.2) is 14.2 Å². The van der Waals surface area contributed by atoms with Crippen LogP contribution < -0.4 is 9.47 Å². The Bertz CT molecular complexity index is 841. The van der Waals surface area contributed by atoms with Gasteiger partial charge in [-0.3, -0.25) is 0 Å². The number of rotatable bonds is 4. The van der Waals surface area contributed by atoms with E-state index in [0.29, 0.717) is 22.6 Å². The molecule has 3 rings (SSSR count). The summed E-state index contributed by atoms with van der Waals surface area (Å²) in [5.41, 5.74) is 1.38. The first-order valence-corrected chi connectivity index (χ1v) is 7.11. The van der Waals surface area contributed by atoms with E-state index in [0.717, 1.165) is 0 Å². The topological polar surface area (TPSA) is 57.1 Å². The average molecular weight is 327 g/mol. The molecule has 0 aliphatic carbocycles. The summed E-state index contributed by atoms with van der Waals surface area (Å²) in [5.74, 6) is 0.331. The first kappa shape index (κ1) is 15.7. The Balaban J connectivity index is 1.93. The monoisotopic (exact) mass is 327 g/mol. The molecule has 0 radical (unpaired) electrons. The molecule has 2 aromatic rings. The SMILES string of the molecule is COc1ccc(C2=N/C(=C\c3ccc(F)cc3)C(=O)O2)cc1OC. The molecule has 6 heteroatoms. The number of hydrogen-bond acceptors (Lipinski definition) is 5. The minimum absolute atomic E-state index is 0.145. The number of halogens is 1. The van der Waals surface area contributed by atoms with Gasteiger partial charge in [0, 0.05) is 5.56 Å². The van der Waals surface area contributed by atoms with Crippen LogP contribution in [-0.4, -0.2) is 26.1 Å². The third kappa shape index (κ3) is 3.12. The number of aliphatic imine (C=N–C) groups is 1. The lowest BCUT2D eigenvalue weighted by molar-refractivity contribution is -0.129. The van der Waals surface area contributed by atoms with Crippen LogP contribution in [0.2, 0.25) is 0 Å². The van der Waals surface area contributed by atoms with Crippen LogP contribution in [0.15, 0.2) is 53.2 Å². The lowest BCUT2D eigenvalue weighted by Crippen LogP contribution is -2.05. The van der Waals surface area contributed by atoms with Crippen molar-refractivity contribution in [2.75, 3.05) is 14.2 Å². The van der Waals surface area contributed by atoms with Crippen molar-refractivity contribution in [2.45, 2.75) is 0 Å². The van der Waals surface area contributed by atoms with Gasteiger partial charge in [-0.05, 0) is 42.0 Å². The summed E-state index contributed by atoms with van der Waals surface area (Å²) < 4.78 is 28.5. The molecule has 1 aliphatic rings. The van der Waals surface area contributed by atoms with Crippen LogP contribution in [0.4, 0.5) is 4.39 Å². The maximum atomic E-state index is 12.9. The Morgan fingerprint density at radius 1 is 1.04 bits per heavy atom. The summed E-state index contributed by atoms with van der Waals surface area (Å²) in [5, 5.41) is 0. The van der Waals surface area contributed by atoms with Gasteiger partial charge < -0.3 is 14.2 Å². The predicted octanol–water partition coefficient (Wildman–Crippen LogP) is 3.19. The Morgan fingerprint density at radius 2 is 1.75 bits per heavy atom. The fourth-order valence-electron chi connectivity index (χ4n) is 2.22. The van der Waals surface area contributed by atoms with E-state index in [2.05, 4.69) is 4.99 Å². The molecule has 0 spiro atoms. The number of esters is 1. The van der Waals surface area contributed by atoms with Crippen LogP contribution in [0.1, 0.15) is 11.1 Å². The summed E-state index contributed by atoms with van der Waals surface area (Å²) >= 11 is 0. The number of carbonyl (C=O) groups is 1. The van der Waals surface area contributed by atoms with E-state index in [1.165, 1.54) is 32.4 Å². The van der Waals surface area contributed by atoms with E-state index in [1.54, 1.807) is 30.3 Å². The van der Waals surface area contributed by atoms with E-state index in [4.69, 9.17) is 14.2 Å². The molecule has 0 fully saturated rings. The summed E-state index contributed by atoms with van der Waals surface area (Å²) in [7, 11) is 3.05. The molecule has 0 amide bonds. The van der Waals surface area contributed by atoms with E-state index < -0.39 is 5.97 Å². The molecular formula is C18H14FNO4. The standard InChI is InChI=1S/C18H14FNO4/c1-22-15-8-5-12(10-16(15)23-2)17-20-14(18(21)24-17)9-11-3-6-13(19)7-4-11/h3-10H,1-2H3/b14-9-. The van der Waals surface area contributed by atoms with Crippen LogP contribution >= 0.6 is 0 Å². The Hall–Kier alpha value is -3.15. The highest BCUT2D eigenvalue weighted by molar-refractivity contribution is 6.13. The second-order valence-electron chi connectivity index (χ2n) is 4.96. The number of benzene rings is 2. The Kier molecular flexibility index (Phi) is 4.29. The maximum absolute atomic E-state index is 12.9. The predicted molar refractivity (Wildman–Crippen MR) is 86.6 cm³/mol. The third-order valence-electron chi connectivity index (χ3n) is 3.42. The van der Waals surface area contributed by atoms with Crippen LogP contribution in [0.5, 0.6) is 11.5 Å². The van der Waals surface area contributed by atoms with Gasteiger partial charge in [-0.15, -0.1) is 0 Å². The van der Waals surface area contributed by atoms with Gasteiger partial charge in [0.25, 0.3) is 0 Å². The zero-order chi connectivity index (χ0) is 17.1. The Labute approximate surface area is 138 Å². The highest BCUT2D eigenvalue weighted by Gasteiger charge is 2.25. The lowest BCUT2D eigenvalue weighted by atomic mass is 10.2. The molecule has 5 nitrogen and oxygen atoms in total. The zero-order valence-electron chi connectivity index (χ0n) is 13.1. The average Bonchev–Trinajstić information content (AvgIpc) is 2.97. The first-order valence-electron chi connectivity index (χ1n) is 7.11. The van der Waals surface area contributed by atoms with Gasteiger partial charge in [0.05, 0.1) is 14.2 Å². The van der Waals surface area contributed by atoms with Crippen molar-refractivity contribution in [3.63, 3.8) is 0 Å². The molecular weight excluding hydrogens is 313 g/mol. The van der Waals surface area contributed by atoms with Gasteiger partial charge in [-0.1, -0.05) is 12.1 Å². The van der Waals surface area contributed by atoms with Crippen LogP contribution in [0.25, 0.3) is 6.08 Å². The van der Waals surface area contributed by atoms with Gasteiger partial charge in [0.2, 0.25) is 5.90 Å². The molecule has 0 atom stereocenters. The summed E-state index contributed by atoms with van der Waals surface area (Å²) in [6, 6.07) is 10.8. The smallest absolute Gasteiger partial charge is 0.363 e. The molecule has 0 unspecified atom stereocenters. The number of nitrogens with zero attached hydrogens (tertiary/aromatic N) is 1. The molecule has 24 heavy (non-hydrogen) atoms. The summed E-state index contributed by atoms with van der Waals surface area (Å²) in [6.45, 7) is 0. The van der Waals surface area contributed by atoms with Crippen LogP contribution in [-0.2, 0) is 9.53 Å². The molecule has 1 aliphatic heterocycles. The van der Waals surface area contributed by atoms with E-state index >= 15 is 0 Å². The van der Waals surface area contributed by atoms with Crippen molar-refractivity contribution in [3.8, 4) is 11.5 Å². The fraction of sp³-hybridized carbons (Fsp3) is 0.111. The molecule has 0 aromatic heterocycles. The summed E-state index contributed by atoms with van der Waals surface area (Å²) in [6.07, 6.45) is 1.54. The number of carbonyl (C=O) groups excluding carboxylic acids is 1. The minimum atomic E-state index is -0.566. The van der Waals surface area contributed by atoms with Crippen LogP contribution in [0, 0.1) is 5.82 Å². The highest BCUT2D eigenvalue weighted by Crippen LogP contribution is 2.29. The number of ether oxygens (including phenoxy) is 3. The van der Waals surface area contributed by atoms with Crippen molar-refractivity contribution in [1.29, 1.82) is 0 Å². The van der Waals surface area contributed by atoms with Crippen LogP contribution in [0.3, 0.4) is 0 Å². The van der Waals surface area contributed by atoms with E-state index in [9.17, 15) is 9.18 Å². The second kappa shape index (κ2) is 6.54. The van der Waals surface area contributed by atoms with Gasteiger partial charge in [-0.2, -0.15) is 0 Å². The quantitative estimate of drug-likeness (QED) is 0.639. The second-order valence-corrected chi connectivity index (χ2v) is 4.96. The molecule has 1 heterocycles. The molecule has 0 saturated heterocycles. The van der Waals surface area contributed by atoms with Gasteiger partial charge in [0.1, 0.15) is 5.82 Å². The molecule has 0 N–H and O–H groups in total. The molecule has 122 valence electrons. The van der Waals surface area contributed by atoms with Crippen molar-refractivity contribution < 1.29 is 23.4 Å². The third-order valence-corrected chi connectivity index (χ3v) is 3.42.